The predicted octanol–water partition coefficient (Wildman–Crippen LogP) is 2.69. The van der Waals surface area contributed by atoms with E-state index in [2.05, 4.69) is 5.32 Å². The molecule has 2 atom stereocenters. The van der Waals surface area contributed by atoms with Crippen LogP contribution in [0.1, 0.15) is 42.5 Å². The Bertz CT molecular complexity index is 539. The monoisotopic (exact) mass is 314 g/mol. The quantitative estimate of drug-likeness (QED) is 0.932. The van der Waals surface area contributed by atoms with Gasteiger partial charge in [0, 0.05) is 18.7 Å². The summed E-state index contributed by atoms with van der Waals surface area (Å²) in [5.41, 5.74) is 0.788. The Morgan fingerprint density at radius 1 is 1.00 bits per heavy atom. The van der Waals surface area contributed by atoms with Gasteiger partial charge in [0.15, 0.2) is 0 Å². The first-order valence-electron chi connectivity index (χ1n) is 9.06. The summed E-state index contributed by atoms with van der Waals surface area (Å²) in [4.78, 5) is 14.8. The SMILES string of the molecule is O=C(c1ccc(OC2CCC2)cc1)N1CC[C@@H]2CNC[C@@H]2CC1. The topological polar surface area (TPSA) is 41.6 Å². The molecule has 0 radical (unpaired) electrons. The second kappa shape index (κ2) is 6.52. The van der Waals surface area contributed by atoms with Gasteiger partial charge in [0.2, 0.25) is 0 Å². The summed E-state index contributed by atoms with van der Waals surface area (Å²) in [5.74, 6) is 2.58. The number of carbonyl (C=O) groups is 1. The average Bonchev–Trinajstić information content (AvgIpc) is 2.89. The normalized spacial score (nSPS) is 27.9. The van der Waals surface area contributed by atoms with Crippen molar-refractivity contribution in [2.75, 3.05) is 26.2 Å². The van der Waals surface area contributed by atoms with Crippen molar-refractivity contribution in [3.05, 3.63) is 29.8 Å². The smallest absolute Gasteiger partial charge is 0.253 e. The van der Waals surface area contributed by atoms with Gasteiger partial charge in [-0.05, 0) is 81.3 Å². The van der Waals surface area contributed by atoms with Crippen LogP contribution >= 0.6 is 0 Å². The number of benzene rings is 1. The number of carbonyl (C=O) groups excluding carboxylic acids is 1. The third-order valence-corrected chi connectivity index (χ3v) is 5.76. The Hall–Kier alpha value is -1.55. The van der Waals surface area contributed by atoms with Crippen LogP contribution in [0.3, 0.4) is 0 Å². The molecule has 3 aliphatic rings. The van der Waals surface area contributed by atoms with Crippen molar-refractivity contribution in [1.29, 1.82) is 0 Å². The number of rotatable bonds is 3. The summed E-state index contributed by atoms with van der Waals surface area (Å²) < 4.78 is 5.87. The molecule has 4 rings (SSSR count). The molecule has 2 aliphatic heterocycles. The summed E-state index contributed by atoms with van der Waals surface area (Å²) in [7, 11) is 0. The summed E-state index contributed by atoms with van der Waals surface area (Å²) in [6.45, 7) is 4.03. The highest BCUT2D eigenvalue weighted by Crippen LogP contribution is 2.28. The molecule has 1 saturated carbocycles. The Morgan fingerprint density at radius 2 is 1.65 bits per heavy atom. The Labute approximate surface area is 138 Å². The molecule has 1 aliphatic carbocycles. The van der Waals surface area contributed by atoms with Crippen molar-refractivity contribution in [3.63, 3.8) is 0 Å². The lowest BCUT2D eigenvalue weighted by Crippen LogP contribution is -2.32. The lowest BCUT2D eigenvalue weighted by molar-refractivity contribution is 0.0758. The van der Waals surface area contributed by atoms with Crippen molar-refractivity contribution in [1.82, 2.24) is 10.2 Å². The van der Waals surface area contributed by atoms with Gasteiger partial charge in [-0.15, -0.1) is 0 Å². The number of ether oxygens (including phenoxy) is 1. The van der Waals surface area contributed by atoms with E-state index in [1.807, 2.05) is 29.2 Å². The van der Waals surface area contributed by atoms with Crippen LogP contribution in [0.2, 0.25) is 0 Å². The highest BCUT2D eigenvalue weighted by molar-refractivity contribution is 5.94. The summed E-state index contributed by atoms with van der Waals surface area (Å²) in [6, 6.07) is 7.73. The molecule has 1 N–H and O–H groups in total. The van der Waals surface area contributed by atoms with Crippen LogP contribution in [-0.2, 0) is 0 Å². The van der Waals surface area contributed by atoms with Gasteiger partial charge in [-0.1, -0.05) is 0 Å². The number of likely N-dealkylation sites (tertiary alicyclic amines) is 1. The van der Waals surface area contributed by atoms with Crippen molar-refractivity contribution in [2.45, 2.75) is 38.2 Å². The van der Waals surface area contributed by atoms with Crippen molar-refractivity contribution in [3.8, 4) is 5.75 Å². The maximum Gasteiger partial charge on any atom is 0.253 e. The van der Waals surface area contributed by atoms with E-state index in [0.29, 0.717) is 6.10 Å². The lowest BCUT2D eigenvalue weighted by atomic mass is 9.92. The van der Waals surface area contributed by atoms with Gasteiger partial charge in [0.1, 0.15) is 5.75 Å². The Morgan fingerprint density at radius 3 is 2.22 bits per heavy atom. The standard InChI is InChI=1S/C19H26N2O2/c22-19(21-10-8-15-12-20-13-16(15)9-11-21)14-4-6-18(7-5-14)23-17-2-1-3-17/h4-7,15-17,20H,1-3,8-13H2/t15-,16+. The van der Waals surface area contributed by atoms with Gasteiger partial charge < -0.3 is 15.0 Å². The van der Waals surface area contributed by atoms with Crippen molar-refractivity contribution >= 4 is 5.91 Å². The van der Waals surface area contributed by atoms with E-state index in [0.717, 1.165) is 75.0 Å². The number of hydrogen-bond acceptors (Lipinski definition) is 3. The highest BCUT2D eigenvalue weighted by Gasteiger charge is 2.31. The molecule has 1 aromatic rings. The molecule has 0 spiro atoms. The molecule has 4 heteroatoms. The maximum atomic E-state index is 12.7. The fraction of sp³-hybridized carbons (Fsp3) is 0.632. The molecule has 1 amide bonds. The zero-order chi connectivity index (χ0) is 15.6. The van der Waals surface area contributed by atoms with Crippen LogP contribution < -0.4 is 10.1 Å². The van der Waals surface area contributed by atoms with Crippen LogP contribution in [0, 0.1) is 11.8 Å². The molecule has 2 heterocycles. The fourth-order valence-corrected chi connectivity index (χ4v) is 3.96. The molecule has 124 valence electrons. The number of fused-ring (bicyclic) bond motifs is 1. The van der Waals surface area contributed by atoms with Gasteiger partial charge in [-0.25, -0.2) is 0 Å². The first-order valence-corrected chi connectivity index (χ1v) is 9.06. The highest BCUT2D eigenvalue weighted by atomic mass is 16.5. The summed E-state index contributed by atoms with van der Waals surface area (Å²) in [6.07, 6.45) is 6.24. The van der Waals surface area contributed by atoms with Crippen molar-refractivity contribution < 1.29 is 9.53 Å². The van der Waals surface area contributed by atoms with Crippen LogP contribution in [0.5, 0.6) is 5.75 Å². The molecule has 0 bridgehead atoms. The second-order valence-corrected chi connectivity index (χ2v) is 7.24. The average molecular weight is 314 g/mol. The van der Waals surface area contributed by atoms with Crippen LogP contribution in [0.15, 0.2) is 24.3 Å². The van der Waals surface area contributed by atoms with Gasteiger partial charge >= 0.3 is 0 Å². The molecular weight excluding hydrogens is 288 g/mol. The molecular formula is C19H26N2O2. The van der Waals surface area contributed by atoms with E-state index in [4.69, 9.17) is 4.74 Å². The molecule has 1 aromatic carbocycles. The molecule has 0 unspecified atom stereocenters. The van der Waals surface area contributed by atoms with E-state index >= 15 is 0 Å². The van der Waals surface area contributed by atoms with E-state index in [1.54, 1.807) is 0 Å². The van der Waals surface area contributed by atoms with E-state index < -0.39 is 0 Å². The minimum Gasteiger partial charge on any atom is -0.490 e. The van der Waals surface area contributed by atoms with E-state index in [9.17, 15) is 4.79 Å². The molecule has 23 heavy (non-hydrogen) atoms. The van der Waals surface area contributed by atoms with Gasteiger partial charge in [-0.2, -0.15) is 0 Å². The molecule has 4 nitrogen and oxygen atoms in total. The first kappa shape index (κ1) is 15.0. The van der Waals surface area contributed by atoms with Gasteiger partial charge in [0.05, 0.1) is 6.10 Å². The first-order chi connectivity index (χ1) is 11.3. The summed E-state index contributed by atoms with van der Waals surface area (Å²) >= 11 is 0. The fourth-order valence-electron chi connectivity index (χ4n) is 3.96. The minimum atomic E-state index is 0.174. The van der Waals surface area contributed by atoms with Crippen LogP contribution in [0.4, 0.5) is 0 Å². The number of amides is 1. The number of hydrogen-bond donors (Lipinski definition) is 1. The predicted molar refractivity (Wildman–Crippen MR) is 89.7 cm³/mol. The van der Waals surface area contributed by atoms with Gasteiger partial charge in [0.25, 0.3) is 5.91 Å². The van der Waals surface area contributed by atoms with Gasteiger partial charge in [-0.3, -0.25) is 4.79 Å². The molecule has 0 aromatic heterocycles. The second-order valence-electron chi connectivity index (χ2n) is 7.24. The van der Waals surface area contributed by atoms with E-state index in [1.165, 1.54) is 6.42 Å². The molecule has 3 fully saturated rings. The maximum absolute atomic E-state index is 12.7. The largest absolute Gasteiger partial charge is 0.490 e. The lowest BCUT2D eigenvalue weighted by Gasteiger charge is -2.26. The zero-order valence-corrected chi connectivity index (χ0v) is 13.7. The number of nitrogens with zero attached hydrogens (tertiary/aromatic N) is 1. The van der Waals surface area contributed by atoms with E-state index in [-0.39, 0.29) is 5.91 Å². The Balaban J connectivity index is 1.37. The van der Waals surface area contributed by atoms with Crippen LogP contribution in [-0.4, -0.2) is 43.1 Å². The molecule has 2 saturated heterocycles. The summed E-state index contributed by atoms with van der Waals surface area (Å²) in [5, 5.41) is 3.48. The zero-order valence-electron chi connectivity index (χ0n) is 13.7. The Kier molecular flexibility index (Phi) is 4.25. The third kappa shape index (κ3) is 3.23. The third-order valence-electron chi connectivity index (χ3n) is 5.76. The minimum absolute atomic E-state index is 0.174. The van der Waals surface area contributed by atoms with Crippen molar-refractivity contribution in [2.24, 2.45) is 11.8 Å². The number of nitrogens with one attached hydrogen (secondary N) is 1. The van der Waals surface area contributed by atoms with Crippen LogP contribution in [0.25, 0.3) is 0 Å².